The second-order valence-corrected chi connectivity index (χ2v) is 8.16. The summed E-state index contributed by atoms with van der Waals surface area (Å²) in [6.45, 7) is 3.32. The van der Waals surface area contributed by atoms with E-state index in [1.165, 1.54) is 0 Å². The van der Waals surface area contributed by atoms with Crippen molar-refractivity contribution in [3.63, 3.8) is 0 Å². The van der Waals surface area contributed by atoms with E-state index in [0.717, 1.165) is 57.2 Å². The van der Waals surface area contributed by atoms with Crippen molar-refractivity contribution in [1.29, 1.82) is 0 Å². The Hall–Kier alpha value is -2.37. The minimum absolute atomic E-state index is 0.0797. The smallest absolute Gasteiger partial charge is 0.306 e. The molecule has 2 aliphatic rings. The zero-order valence-corrected chi connectivity index (χ0v) is 16.5. The first-order valence-electron chi connectivity index (χ1n) is 10.4. The van der Waals surface area contributed by atoms with Crippen LogP contribution >= 0.6 is 0 Å². The minimum atomic E-state index is -0.816. The fourth-order valence-corrected chi connectivity index (χ4v) is 4.31. The van der Waals surface area contributed by atoms with Crippen LogP contribution in [0.4, 0.5) is 5.69 Å². The summed E-state index contributed by atoms with van der Waals surface area (Å²) in [5.41, 5.74) is 1.61. The number of carbonyl (C=O) groups excluding carboxylic acids is 2. The Kier molecular flexibility index (Phi) is 6.70. The number of anilines is 1. The molecule has 152 valence electrons. The van der Waals surface area contributed by atoms with E-state index in [-0.39, 0.29) is 23.7 Å². The van der Waals surface area contributed by atoms with Crippen LogP contribution in [0.15, 0.2) is 24.3 Å². The molecule has 1 saturated heterocycles. The summed E-state index contributed by atoms with van der Waals surface area (Å²) >= 11 is 0. The molecule has 1 aromatic rings. The topological polar surface area (TPSA) is 86.7 Å². The number of aliphatic carboxylic acids is 1. The number of rotatable bonds is 6. The van der Waals surface area contributed by atoms with Crippen LogP contribution in [0.25, 0.3) is 0 Å². The summed E-state index contributed by atoms with van der Waals surface area (Å²) in [6.07, 6.45) is 6.10. The Balaban J connectivity index is 1.62. The fraction of sp³-hybridized carbons (Fsp3) is 0.591. The van der Waals surface area contributed by atoms with Crippen LogP contribution in [-0.4, -0.2) is 40.9 Å². The molecule has 2 fully saturated rings. The highest BCUT2D eigenvalue weighted by atomic mass is 16.4. The lowest BCUT2D eigenvalue weighted by Gasteiger charge is -2.32. The quantitative estimate of drug-likeness (QED) is 0.785. The Morgan fingerprint density at radius 2 is 1.64 bits per heavy atom. The van der Waals surface area contributed by atoms with Gasteiger partial charge in [0.05, 0.1) is 5.92 Å². The molecule has 0 spiro atoms. The lowest BCUT2D eigenvalue weighted by Crippen LogP contribution is -2.42. The molecule has 0 bridgehead atoms. The van der Waals surface area contributed by atoms with Gasteiger partial charge in [0.25, 0.3) is 0 Å². The van der Waals surface area contributed by atoms with Crippen LogP contribution in [0, 0.1) is 17.8 Å². The second-order valence-electron chi connectivity index (χ2n) is 8.16. The first-order valence-corrected chi connectivity index (χ1v) is 10.4. The SMILES string of the molecule is CC(Cc1ccc(NC(=O)C2CCCCC2C(=O)N2CCCC2)cc1)C(=O)O. The number of amides is 2. The highest BCUT2D eigenvalue weighted by molar-refractivity contribution is 5.96. The summed E-state index contributed by atoms with van der Waals surface area (Å²) in [4.78, 5) is 38.7. The molecule has 3 unspecified atom stereocenters. The van der Waals surface area contributed by atoms with Gasteiger partial charge < -0.3 is 15.3 Å². The Bertz CT molecular complexity index is 710. The summed E-state index contributed by atoms with van der Waals surface area (Å²) in [5.74, 6) is -1.67. The Morgan fingerprint density at radius 1 is 1.04 bits per heavy atom. The van der Waals surface area contributed by atoms with Gasteiger partial charge in [-0.1, -0.05) is 31.9 Å². The maximum Gasteiger partial charge on any atom is 0.306 e. The van der Waals surface area contributed by atoms with E-state index < -0.39 is 11.9 Å². The molecule has 1 saturated carbocycles. The molecule has 3 rings (SSSR count). The van der Waals surface area contributed by atoms with E-state index in [9.17, 15) is 14.4 Å². The van der Waals surface area contributed by atoms with E-state index in [1.807, 2.05) is 29.2 Å². The molecule has 2 N–H and O–H groups in total. The van der Waals surface area contributed by atoms with Crippen LogP contribution in [0.5, 0.6) is 0 Å². The van der Waals surface area contributed by atoms with Crippen LogP contribution < -0.4 is 5.32 Å². The van der Waals surface area contributed by atoms with E-state index in [4.69, 9.17) is 5.11 Å². The van der Waals surface area contributed by atoms with Crippen molar-refractivity contribution in [2.45, 2.75) is 51.9 Å². The maximum atomic E-state index is 12.9. The monoisotopic (exact) mass is 386 g/mol. The molecule has 28 heavy (non-hydrogen) atoms. The van der Waals surface area contributed by atoms with E-state index in [2.05, 4.69) is 5.32 Å². The third-order valence-electron chi connectivity index (χ3n) is 6.02. The molecule has 1 aliphatic heterocycles. The van der Waals surface area contributed by atoms with Gasteiger partial charge in [-0.15, -0.1) is 0 Å². The first kappa shape index (κ1) is 20.4. The normalized spacial score (nSPS) is 23.2. The minimum Gasteiger partial charge on any atom is -0.481 e. The molecular weight excluding hydrogens is 356 g/mol. The van der Waals surface area contributed by atoms with Crippen molar-refractivity contribution in [2.24, 2.45) is 17.8 Å². The molecule has 0 aromatic heterocycles. The van der Waals surface area contributed by atoms with Gasteiger partial charge in [-0.05, 0) is 49.8 Å². The van der Waals surface area contributed by atoms with Gasteiger partial charge in [0, 0.05) is 30.6 Å². The van der Waals surface area contributed by atoms with Crippen molar-refractivity contribution >= 4 is 23.5 Å². The van der Waals surface area contributed by atoms with Gasteiger partial charge in [0.1, 0.15) is 0 Å². The zero-order valence-electron chi connectivity index (χ0n) is 16.5. The number of nitrogens with one attached hydrogen (secondary N) is 1. The summed E-state index contributed by atoms with van der Waals surface area (Å²) in [6, 6.07) is 7.31. The third kappa shape index (κ3) is 4.91. The molecule has 2 amide bonds. The number of carbonyl (C=O) groups is 3. The Morgan fingerprint density at radius 3 is 2.25 bits per heavy atom. The molecule has 6 nitrogen and oxygen atoms in total. The van der Waals surface area contributed by atoms with Crippen LogP contribution in [0.2, 0.25) is 0 Å². The van der Waals surface area contributed by atoms with Crippen LogP contribution in [0.1, 0.15) is 51.0 Å². The van der Waals surface area contributed by atoms with E-state index >= 15 is 0 Å². The number of nitrogens with zero attached hydrogens (tertiary/aromatic N) is 1. The molecule has 6 heteroatoms. The first-order chi connectivity index (χ1) is 13.5. The summed E-state index contributed by atoms with van der Waals surface area (Å²) < 4.78 is 0. The van der Waals surface area contributed by atoms with Crippen LogP contribution in [-0.2, 0) is 20.8 Å². The second kappa shape index (κ2) is 9.22. The lowest BCUT2D eigenvalue weighted by molar-refractivity contribution is -0.141. The largest absolute Gasteiger partial charge is 0.481 e. The third-order valence-corrected chi connectivity index (χ3v) is 6.02. The zero-order chi connectivity index (χ0) is 20.1. The lowest BCUT2D eigenvalue weighted by atomic mass is 9.77. The number of hydrogen-bond acceptors (Lipinski definition) is 3. The molecule has 1 aromatic carbocycles. The van der Waals surface area contributed by atoms with Gasteiger partial charge >= 0.3 is 5.97 Å². The predicted molar refractivity (Wildman–Crippen MR) is 107 cm³/mol. The average Bonchev–Trinajstić information content (AvgIpc) is 3.23. The van der Waals surface area contributed by atoms with E-state index in [1.54, 1.807) is 6.92 Å². The van der Waals surface area contributed by atoms with Crippen molar-refractivity contribution < 1.29 is 19.5 Å². The predicted octanol–water partition coefficient (Wildman–Crippen LogP) is 3.32. The van der Waals surface area contributed by atoms with Crippen LogP contribution in [0.3, 0.4) is 0 Å². The standard InChI is InChI=1S/C22H30N2O4/c1-15(22(27)28)14-16-8-10-17(11-9-16)23-20(25)18-6-2-3-7-19(18)21(26)24-12-4-5-13-24/h8-11,15,18-19H,2-7,12-14H2,1H3,(H,23,25)(H,27,28). The number of hydrogen-bond donors (Lipinski definition) is 2. The van der Waals surface area contributed by atoms with Gasteiger partial charge in [0.2, 0.25) is 11.8 Å². The fourth-order valence-electron chi connectivity index (χ4n) is 4.31. The van der Waals surface area contributed by atoms with Gasteiger partial charge in [-0.2, -0.15) is 0 Å². The molecule has 1 heterocycles. The van der Waals surface area contributed by atoms with Gasteiger partial charge in [0.15, 0.2) is 0 Å². The average molecular weight is 386 g/mol. The molecule has 0 radical (unpaired) electrons. The highest BCUT2D eigenvalue weighted by Crippen LogP contribution is 2.33. The van der Waals surface area contributed by atoms with E-state index in [0.29, 0.717) is 12.1 Å². The summed E-state index contributed by atoms with van der Waals surface area (Å²) in [7, 11) is 0. The molecule has 3 atom stereocenters. The van der Waals surface area contributed by atoms with Crippen molar-refractivity contribution in [2.75, 3.05) is 18.4 Å². The molecular formula is C22H30N2O4. The maximum absolute atomic E-state index is 12.9. The van der Waals surface area contributed by atoms with Gasteiger partial charge in [-0.3, -0.25) is 14.4 Å². The number of benzene rings is 1. The van der Waals surface area contributed by atoms with Crippen molar-refractivity contribution in [3.8, 4) is 0 Å². The summed E-state index contributed by atoms with van der Waals surface area (Å²) in [5, 5.41) is 12.0. The Labute approximate surface area is 166 Å². The molecule has 1 aliphatic carbocycles. The van der Waals surface area contributed by atoms with Gasteiger partial charge in [-0.25, -0.2) is 0 Å². The number of likely N-dealkylation sites (tertiary alicyclic amines) is 1. The van der Waals surface area contributed by atoms with Crippen molar-refractivity contribution in [3.05, 3.63) is 29.8 Å². The van der Waals surface area contributed by atoms with Crippen molar-refractivity contribution in [1.82, 2.24) is 4.90 Å². The highest BCUT2D eigenvalue weighted by Gasteiger charge is 2.38. The number of carboxylic acids is 1. The number of carboxylic acid groups (broad SMARTS) is 1.